The summed E-state index contributed by atoms with van der Waals surface area (Å²) in [7, 11) is 1.54. The van der Waals surface area contributed by atoms with Crippen molar-refractivity contribution in [2.45, 2.75) is 33.2 Å². The monoisotopic (exact) mass is 481 g/mol. The summed E-state index contributed by atoms with van der Waals surface area (Å²) in [6, 6.07) is 10.7. The molecule has 3 aromatic rings. The third-order valence-corrected chi connectivity index (χ3v) is 6.79. The van der Waals surface area contributed by atoms with Crippen LogP contribution in [0.4, 0.5) is 0 Å². The highest BCUT2D eigenvalue weighted by Gasteiger charge is 2.35. The molecule has 1 aliphatic rings. The van der Waals surface area contributed by atoms with Crippen LogP contribution in [0.25, 0.3) is 11.7 Å². The number of fused-ring (bicyclic) bond motifs is 1. The number of carbonyl (C=O) groups is 1. The van der Waals surface area contributed by atoms with Gasteiger partial charge in [0.25, 0.3) is 11.5 Å². The second kappa shape index (κ2) is 9.36. The zero-order chi connectivity index (χ0) is 23.7. The number of rotatable bonds is 6. The summed E-state index contributed by atoms with van der Waals surface area (Å²) in [5, 5.41) is 0. The summed E-state index contributed by atoms with van der Waals surface area (Å²) in [4.78, 5) is 33.2. The van der Waals surface area contributed by atoms with Crippen LogP contribution < -0.4 is 15.0 Å². The molecule has 1 unspecified atom stereocenters. The normalized spacial score (nSPS) is 16.0. The second-order valence-electron chi connectivity index (χ2n) is 7.58. The number of benzene rings is 1. The molecule has 1 aliphatic heterocycles. The van der Waals surface area contributed by atoms with Crippen molar-refractivity contribution < 1.29 is 14.3 Å². The molecule has 1 amide bonds. The third kappa shape index (κ3) is 4.26. The number of ether oxygens (including phenoxy) is 2. The van der Waals surface area contributed by atoms with Crippen LogP contribution in [0.3, 0.4) is 0 Å². The molecule has 0 radical (unpaired) electrons. The summed E-state index contributed by atoms with van der Waals surface area (Å²) in [6.07, 6.45) is 3.93. The van der Waals surface area contributed by atoms with E-state index in [1.165, 1.54) is 29.3 Å². The van der Waals surface area contributed by atoms with Gasteiger partial charge in [-0.15, -0.1) is 0 Å². The van der Waals surface area contributed by atoms with Crippen molar-refractivity contribution in [2.75, 3.05) is 7.11 Å². The topological polar surface area (TPSA) is 73.1 Å². The quantitative estimate of drug-likeness (QED) is 0.370. The van der Waals surface area contributed by atoms with Crippen LogP contribution in [-0.4, -0.2) is 37.7 Å². The zero-order valence-corrected chi connectivity index (χ0v) is 20.3. The highest BCUT2D eigenvalue weighted by molar-refractivity contribution is 8.26. The molecule has 33 heavy (non-hydrogen) atoms. The van der Waals surface area contributed by atoms with Gasteiger partial charge in [0.05, 0.1) is 12.0 Å². The maximum atomic E-state index is 13.5. The number of hydrogen-bond acceptors (Lipinski definition) is 7. The van der Waals surface area contributed by atoms with Crippen LogP contribution in [-0.2, 0) is 4.79 Å². The Balaban J connectivity index is 1.90. The molecule has 1 fully saturated rings. The molecule has 1 aromatic carbocycles. The summed E-state index contributed by atoms with van der Waals surface area (Å²) in [6.45, 7) is 5.80. The number of aromatic nitrogens is 2. The van der Waals surface area contributed by atoms with E-state index in [4.69, 9.17) is 21.7 Å². The van der Waals surface area contributed by atoms with Crippen molar-refractivity contribution in [3.05, 3.63) is 69.0 Å². The van der Waals surface area contributed by atoms with Gasteiger partial charge in [-0.3, -0.25) is 18.9 Å². The van der Waals surface area contributed by atoms with E-state index < -0.39 is 0 Å². The number of amides is 1. The van der Waals surface area contributed by atoms with E-state index in [1.807, 2.05) is 32.9 Å². The number of nitrogens with zero attached hydrogens (tertiary/aromatic N) is 3. The number of thiocarbonyl (C=S) groups is 1. The van der Waals surface area contributed by atoms with Crippen molar-refractivity contribution in [1.82, 2.24) is 14.3 Å². The van der Waals surface area contributed by atoms with Crippen LogP contribution in [0.15, 0.2) is 52.3 Å². The molecule has 170 valence electrons. The predicted molar refractivity (Wildman–Crippen MR) is 134 cm³/mol. The van der Waals surface area contributed by atoms with Gasteiger partial charge in [-0.1, -0.05) is 49.1 Å². The standard InChI is InChI=1S/C24H23N3O4S2/c1-5-15(3)27-23(29)19(33-24(27)32)13-16-21(31-18-11-7-6-10-17(18)30-4)25-20-14(2)9-8-12-26(20)22(16)28/h6-13,15H,5H2,1-4H3. The molecule has 4 rings (SSSR count). The lowest BCUT2D eigenvalue weighted by Gasteiger charge is -2.21. The Kier molecular flexibility index (Phi) is 6.53. The summed E-state index contributed by atoms with van der Waals surface area (Å²) >= 11 is 6.60. The van der Waals surface area contributed by atoms with Crippen molar-refractivity contribution in [2.24, 2.45) is 0 Å². The number of aryl methyl sites for hydroxylation is 1. The first-order chi connectivity index (χ1) is 15.8. The van der Waals surface area contributed by atoms with Crippen LogP contribution in [0.2, 0.25) is 0 Å². The predicted octanol–water partition coefficient (Wildman–Crippen LogP) is 4.80. The minimum Gasteiger partial charge on any atom is -0.493 e. The number of para-hydroxylation sites is 2. The molecular weight excluding hydrogens is 458 g/mol. The zero-order valence-electron chi connectivity index (χ0n) is 18.7. The highest BCUT2D eigenvalue weighted by Crippen LogP contribution is 2.37. The molecule has 1 saturated heterocycles. The first-order valence-electron chi connectivity index (χ1n) is 10.5. The minimum absolute atomic E-state index is 0.0359. The van der Waals surface area contributed by atoms with E-state index in [2.05, 4.69) is 4.98 Å². The molecule has 0 saturated carbocycles. The van der Waals surface area contributed by atoms with Crippen molar-refractivity contribution in [3.8, 4) is 17.4 Å². The Morgan fingerprint density at radius 2 is 1.91 bits per heavy atom. The average Bonchev–Trinajstić information content (AvgIpc) is 3.09. The molecule has 0 bridgehead atoms. The highest BCUT2D eigenvalue weighted by atomic mass is 32.2. The molecule has 0 spiro atoms. The van der Waals surface area contributed by atoms with Crippen molar-refractivity contribution in [1.29, 1.82) is 0 Å². The summed E-state index contributed by atoms with van der Waals surface area (Å²) < 4.78 is 13.4. The summed E-state index contributed by atoms with van der Waals surface area (Å²) in [5.41, 5.74) is 1.10. The number of pyridine rings is 1. The fraction of sp³-hybridized carbons (Fsp3) is 0.250. The number of thioether (sulfide) groups is 1. The molecule has 2 aromatic heterocycles. The maximum Gasteiger partial charge on any atom is 0.269 e. The fourth-order valence-corrected chi connectivity index (χ4v) is 4.92. The minimum atomic E-state index is -0.345. The van der Waals surface area contributed by atoms with Gasteiger partial charge in [0.1, 0.15) is 15.5 Å². The van der Waals surface area contributed by atoms with Crippen molar-refractivity contribution >= 4 is 45.9 Å². The largest absolute Gasteiger partial charge is 0.493 e. The van der Waals surface area contributed by atoms with Gasteiger partial charge in [0, 0.05) is 12.2 Å². The lowest BCUT2D eigenvalue weighted by Crippen LogP contribution is -2.36. The van der Waals surface area contributed by atoms with E-state index in [9.17, 15) is 9.59 Å². The molecule has 0 aliphatic carbocycles. The Bertz CT molecular complexity index is 1350. The molecule has 3 heterocycles. The number of hydrogen-bond donors (Lipinski definition) is 0. The molecule has 0 N–H and O–H groups in total. The third-order valence-electron chi connectivity index (χ3n) is 5.46. The molecule has 1 atom stereocenters. The first kappa shape index (κ1) is 23.0. The van der Waals surface area contributed by atoms with Crippen LogP contribution >= 0.6 is 24.0 Å². The second-order valence-corrected chi connectivity index (χ2v) is 9.26. The van der Waals surface area contributed by atoms with Gasteiger partial charge >= 0.3 is 0 Å². The van der Waals surface area contributed by atoms with Gasteiger partial charge in [-0.2, -0.15) is 4.98 Å². The maximum absolute atomic E-state index is 13.5. The Hall–Kier alpha value is -3.17. The lowest BCUT2D eigenvalue weighted by molar-refractivity contribution is -0.123. The summed E-state index contributed by atoms with van der Waals surface area (Å²) in [5.74, 6) is 0.772. The van der Waals surface area contributed by atoms with Gasteiger partial charge in [0.15, 0.2) is 11.5 Å². The van der Waals surface area contributed by atoms with Gasteiger partial charge in [-0.05, 0) is 50.1 Å². The van der Waals surface area contributed by atoms with Crippen LogP contribution in [0.1, 0.15) is 31.4 Å². The van der Waals surface area contributed by atoms with E-state index in [1.54, 1.807) is 35.4 Å². The van der Waals surface area contributed by atoms with Gasteiger partial charge in [-0.25, -0.2) is 0 Å². The van der Waals surface area contributed by atoms with Gasteiger partial charge in [0.2, 0.25) is 5.88 Å². The number of carbonyl (C=O) groups excluding carboxylic acids is 1. The first-order valence-corrected chi connectivity index (χ1v) is 11.7. The average molecular weight is 482 g/mol. The van der Waals surface area contributed by atoms with Gasteiger partial charge < -0.3 is 9.47 Å². The van der Waals surface area contributed by atoms with E-state index in [0.29, 0.717) is 26.4 Å². The smallest absolute Gasteiger partial charge is 0.269 e. The van der Waals surface area contributed by atoms with E-state index in [0.717, 1.165) is 12.0 Å². The Labute approximate surface area is 201 Å². The molecule has 9 heteroatoms. The Morgan fingerprint density at radius 3 is 2.61 bits per heavy atom. The SMILES string of the molecule is CCC(C)N1C(=O)C(=Cc2c(Oc3ccccc3OC)nc3c(C)cccn3c2=O)SC1=S. The lowest BCUT2D eigenvalue weighted by atomic mass is 10.2. The number of methoxy groups -OCH3 is 1. The van der Waals surface area contributed by atoms with E-state index in [-0.39, 0.29) is 29.0 Å². The van der Waals surface area contributed by atoms with Crippen LogP contribution in [0.5, 0.6) is 17.4 Å². The van der Waals surface area contributed by atoms with E-state index >= 15 is 0 Å². The van der Waals surface area contributed by atoms with Crippen LogP contribution in [0, 0.1) is 6.92 Å². The van der Waals surface area contributed by atoms with Crippen molar-refractivity contribution in [3.63, 3.8) is 0 Å². The fourth-order valence-electron chi connectivity index (χ4n) is 3.47. The molecular formula is C24H23N3O4S2. The Morgan fingerprint density at radius 1 is 1.18 bits per heavy atom. The molecule has 7 nitrogen and oxygen atoms in total.